The van der Waals surface area contributed by atoms with Crippen molar-refractivity contribution in [1.82, 2.24) is 19.1 Å². The Balaban J connectivity index is 1.56. The molecule has 2 heterocycles. The fraction of sp³-hybridized carbons (Fsp3) is 0.261. The lowest BCUT2D eigenvalue weighted by atomic mass is 10.2. The van der Waals surface area contributed by atoms with Crippen LogP contribution >= 0.6 is 11.6 Å². The third-order valence-corrected chi connectivity index (χ3v) is 7.58. The number of hydrogen-bond donors (Lipinski definition) is 1. The second kappa shape index (κ2) is 10.4. The number of carbonyl (C=O) groups is 1. The zero-order chi connectivity index (χ0) is 24.1. The normalized spacial score (nSPS) is 14.9. The molecule has 0 spiro atoms. The van der Waals surface area contributed by atoms with Crippen LogP contribution in [0, 0.1) is 0 Å². The summed E-state index contributed by atoms with van der Waals surface area (Å²) in [6.45, 7) is 0.976. The highest BCUT2D eigenvalue weighted by Gasteiger charge is 2.29. The maximum absolute atomic E-state index is 13.2. The van der Waals surface area contributed by atoms with Gasteiger partial charge in [0, 0.05) is 24.2 Å². The van der Waals surface area contributed by atoms with Crippen molar-refractivity contribution in [2.24, 2.45) is 0 Å². The summed E-state index contributed by atoms with van der Waals surface area (Å²) in [4.78, 5) is 16.6. The molecule has 4 rings (SSSR count). The van der Waals surface area contributed by atoms with Gasteiger partial charge in [0.05, 0.1) is 18.5 Å². The first-order valence-corrected chi connectivity index (χ1v) is 12.5. The first kappa shape index (κ1) is 23.9. The first-order chi connectivity index (χ1) is 16.4. The van der Waals surface area contributed by atoms with Crippen LogP contribution in [0.15, 0.2) is 60.0 Å². The zero-order valence-electron chi connectivity index (χ0n) is 18.5. The summed E-state index contributed by atoms with van der Waals surface area (Å²) >= 11 is 6.10. The average Bonchev–Trinajstić information content (AvgIpc) is 3.38. The number of aromatic nitrogens is 3. The number of nitrogens with zero attached hydrogens (tertiary/aromatic N) is 4. The molecule has 3 aromatic rings. The van der Waals surface area contributed by atoms with Gasteiger partial charge < -0.3 is 10.1 Å². The molecule has 1 aliphatic rings. The number of methoxy groups -OCH3 is 1. The molecule has 0 atom stereocenters. The summed E-state index contributed by atoms with van der Waals surface area (Å²) in [5.41, 5.74) is 1.60. The van der Waals surface area contributed by atoms with Crippen molar-refractivity contribution in [3.05, 3.63) is 65.7 Å². The molecule has 9 nitrogen and oxygen atoms in total. The number of hydrogen-bond acceptors (Lipinski definition) is 6. The first-order valence-electron chi connectivity index (χ1n) is 10.7. The number of benzene rings is 2. The smallest absolute Gasteiger partial charge is 0.248 e. The Morgan fingerprint density at radius 1 is 1.15 bits per heavy atom. The molecule has 1 fully saturated rings. The second-order valence-electron chi connectivity index (χ2n) is 7.70. The van der Waals surface area contributed by atoms with Gasteiger partial charge in [0.15, 0.2) is 0 Å². The number of sulfonamides is 1. The molecule has 178 valence electrons. The van der Waals surface area contributed by atoms with E-state index in [4.69, 9.17) is 16.3 Å². The van der Waals surface area contributed by atoms with Gasteiger partial charge in [-0.3, -0.25) is 4.79 Å². The van der Waals surface area contributed by atoms with Crippen LogP contribution in [0.5, 0.6) is 5.75 Å². The van der Waals surface area contributed by atoms with Crippen LogP contribution in [0.3, 0.4) is 0 Å². The molecule has 1 N–H and O–H groups in total. The molecule has 1 aromatic heterocycles. The third-order valence-electron chi connectivity index (χ3n) is 5.43. The van der Waals surface area contributed by atoms with Crippen molar-refractivity contribution in [2.75, 3.05) is 25.5 Å². The highest BCUT2D eigenvalue weighted by Crippen LogP contribution is 2.30. The molecular weight excluding hydrogens is 478 g/mol. The van der Waals surface area contributed by atoms with E-state index in [9.17, 15) is 13.2 Å². The molecule has 34 heavy (non-hydrogen) atoms. The Hall–Kier alpha value is -3.21. The second-order valence-corrected chi connectivity index (χ2v) is 10.0. The van der Waals surface area contributed by atoms with Crippen molar-refractivity contribution in [1.29, 1.82) is 0 Å². The Morgan fingerprint density at radius 3 is 2.65 bits per heavy atom. The lowest BCUT2D eigenvalue weighted by Crippen LogP contribution is -2.35. The number of ether oxygens (including phenoxy) is 1. The Bertz CT molecular complexity index is 1300. The minimum Gasteiger partial charge on any atom is -0.495 e. The predicted octanol–water partition coefficient (Wildman–Crippen LogP) is 3.76. The van der Waals surface area contributed by atoms with Gasteiger partial charge >= 0.3 is 0 Å². The quantitative estimate of drug-likeness (QED) is 0.494. The number of anilines is 1. The SMILES string of the molecule is COc1ccc(/C=C/C(=O)Nc2cc(Cl)ccc2-n2cncn2)cc1S(=O)(=O)N1CCCCC1. The fourth-order valence-electron chi connectivity index (χ4n) is 3.73. The van der Waals surface area contributed by atoms with E-state index in [0.717, 1.165) is 19.3 Å². The average molecular weight is 502 g/mol. The molecule has 1 amide bonds. The number of piperidine rings is 1. The monoisotopic (exact) mass is 501 g/mol. The van der Waals surface area contributed by atoms with Gasteiger partial charge in [0.25, 0.3) is 0 Å². The van der Waals surface area contributed by atoms with E-state index in [2.05, 4.69) is 15.4 Å². The van der Waals surface area contributed by atoms with Crippen molar-refractivity contribution >= 4 is 39.3 Å². The number of halogens is 1. The molecule has 2 aromatic carbocycles. The van der Waals surface area contributed by atoms with Gasteiger partial charge in [-0.15, -0.1) is 0 Å². The van der Waals surface area contributed by atoms with Crippen LogP contribution in [-0.2, 0) is 14.8 Å². The van der Waals surface area contributed by atoms with Crippen molar-refractivity contribution in [3.63, 3.8) is 0 Å². The Kier molecular flexibility index (Phi) is 7.30. The summed E-state index contributed by atoms with van der Waals surface area (Å²) in [5, 5.41) is 7.31. The minimum atomic E-state index is -3.71. The topological polar surface area (TPSA) is 106 Å². The standard InChI is InChI=1S/C23H24ClN5O4S/c1-33-21-9-5-17(13-22(21)34(31,32)28-11-3-2-4-12-28)6-10-23(30)27-19-14-18(24)7-8-20(19)29-16-25-15-26-29/h5-10,13-16H,2-4,11-12H2,1H3,(H,27,30)/b10-6+. The molecule has 0 aliphatic carbocycles. The van der Waals surface area contributed by atoms with Crippen molar-refractivity contribution < 1.29 is 17.9 Å². The third kappa shape index (κ3) is 5.30. The zero-order valence-corrected chi connectivity index (χ0v) is 20.1. The highest BCUT2D eigenvalue weighted by atomic mass is 35.5. The van der Waals surface area contributed by atoms with E-state index >= 15 is 0 Å². The number of nitrogens with one attached hydrogen (secondary N) is 1. The van der Waals surface area contributed by atoms with Crippen molar-refractivity contribution in [3.8, 4) is 11.4 Å². The maximum atomic E-state index is 13.2. The van der Waals surface area contributed by atoms with E-state index in [-0.39, 0.29) is 10.6 Å². The van der Waals surface area contributed by atoms with Crippen LogP contribution in [0.1, 0.15) is 24.8 Å². The molecule has 0 bridgehead atoms. The van der Waals surface area contributed by atoms with Gasteiger partial charge in [-0.05, 0) is 54.8 Å². The van der Waals surface area contributed by atoms with Crippen molar-refractivity contribution in [2.45, 2.75) is 24.2 Å². The highest BCUT2D eigenvalue weighted by molar-refractivity contribution is 7.89. The van der Waals surface area contributed by atoms with E-state index in [1.54, 1.807) is 36.4 Å². The van der Waals surface area contributed by atoms with Gasteiger partial charge in [0.2, 0.25) is 15.9 Å². The lowest BCUT2D eigenvalue weighted by molar-refractivity contribution is -0.111. The number of amides is 1. The molecule has 0 saturated carbocycles. The van der Waals surface area contributed by atoms with Crippen LogP contribution in [0.4, 0.5) is 5.69 Å². The lowest BCUT2D eigenvalue weighted by Gasteiger charge is -2.26. The predicted molar refractivity (Wildman–Crippen MR) is 130 cm³/mol. The van der Waals surface area contributed by atoms with E-state index in [0.29, 0.717) is 35.1 Å². The largest absolute Gasteiger partial charge is 0.495 e. The fourth-order valence-corrected chi connectivity index (χ4v) is 5.61. The Labute approximate surface area is 203 Å². The van der Waals surface area contributed by atoms with Crippen LogP contribution < -0.4 is 10.1 Å². The van der Waals surface area contributed by atoms with Crippen LogP contribution in [0.2, 0.25) is 5.02 Å². The summed E-state index contributed by atoms with van der Waals surface area (Å²) in [6, 6.07) is 9.82. The maximum Gasteiger partial charge on any atom is 0.248 e. The molecule has 0 radical (unpaired) electrons. The summed E-state index contributed by atoms with van der Waals surface area (Å²) < 4.78 is 34.7. The molecule has 1 saturated heterocycles. The summed E-state index contributed by atoms with van der Waals surface area (Å²) in [6.07, 6.45) is 8.46. The molecular formula is C23H24ClN5O4S. The molecule has 0 unspecified atom stereocenters. The van der Waals surface area contributed by atoms with Crippen LogP contribution in [-0.4, -0.2) is 53.6 Å². The Morgan fingerprint density at radius 2 is 1.94 bits per heavy atom. The summed E-state index contributed by atoms with van der Waals surface area (Å²) in [7, 11) is -2.27. The molecule has 1 aliphatic heterocycles. The van der Waals surface area contributed by atoms with Gasteiger partial charge in [-0.2, -0.15) is 9.40 Å². The minimum absolute atomic E-state index is 0.0859. The number of carbonyl (C=O) groups excluding carboxylic acids is 1. The van der Waals surface area contributed by atoms with E-state index in [1.807, 2.05) is 0 Å². The van der Waals surface area contributed by atoms with Crippen LogP contribution in [0.25, 0.3) is 11.8 Å². The van der Waals surface area contributed by atoms with Gasteiger partial charge in [-0.25, -0.2) is 18.1 Å². The summed E-state index contributed by atoms with van der Waals surface area (Å²) in [5.74, 6) is -0.150. The van der Waals surface area contributed by atoms with Gasteiger partial charge in [0.1, 0.15) is 23.3 Å². The van der Waals surface area contributed by atoms with E-state index in [1.165, 1.54) is 40.9 Å². The van der Waals surface area contributed by atoms with Gasteiger partial charge in [-0.1, -0.05) is 24.1 Å². The van der Waals surface area contributed by atoms with E-state index < -0.39 is 15.9 Å². The number of rotatable bonds is 7. The molecule has 11 heteroatoms.